The summed E-state index contributed by atoms with van der Waals surface area (Å²) in [4.78, 5) is 35.1. The van der Waals surface area contributed by atoms with Crippen LogP contribution in [0.25, 0.3) is 0 Å². The second kappa shape index (κ2) is 9.79. The molecule has 3 aliphatic rings. The number of hydrogen-bond acceptors (Lipinski definition) is 5. The summed E-state index contributed by atoms with van der Waals surface area (Å²) in [6, 6.07) is 11.4. The maximum atomic E-state index is 12.5. The van der Waals surface area contributed by atoms with Gasteiger partial charge in [0.15, 0.2) is 0 Å². The van der Waals surface area contributed by atoms with E-state index in [4.69, 9.17) is 4.74 Å². The van der Waals surface area contributed by atoms with Gasteiger partial charge in [-0.2, -0.15) is 0 Å². The van der Waals surface area contributed by atoms with E-state index in [1.807, 2.05) is 41.4 Å². The van der Waals surface area contributed by atoms with Crippen LogP contribution in [0.1, 0.15) is 30.7 Å². The number of nitrogens with zero attached hydrogens (tertiary/aromatic N) is 4. The highest BCUT2D eigenvalue weighted by atomic mass is 16.5. The first-order valence-corrected chi connectivity index (χ1v) is 11.9. The molecule has 0 bridgehead atoms. The molecular weight excluding hydrogens is 418 g/mol. The minimum absolute atomic E-state index is 0.0125. The molecule has 0 spiro atoms. The first-order valence-electron chi connectivity index (χ1n) is 11.9. The summed E-state index contributed by atoms with van der Waals surface area (Å²) < 4.78 is 6.09. The topological polar surface area (TPSA) is 78.0 Å². The fourth-order valence-electron chi connectivity index (χ4n) is 4.77. The van der Waals surface area contributed by atoms with Gasteiger partial charge in [-0.25, -0.2) is 4.79 Å². The molecule has 3 saturated heterocycles. The lowest BCUT2D eigenvalue weighted by molar-refractivity contribution is -0.131. The summed E-state index contributed by atoms with van der Waals surface area (Å²) in [7, 11) is 0. The van der Waals surface area contributed by atoms with Gasteiger partial charge >= 0.3 is 6.03 Å². The van der Waals surface area contributed by atoms with E-state index in [-0.39, 0.29) is 18.0 Å². The van der Waals surface area contributed by atoms with E-state index in [9.17, 15) is 9.59 Å². The van der Waals surface area contributed by atoms with E-state index in [1.54, 1.807) is 11.1 Å². The summed E-state index contributed by atoms with van der Waals surface area (Å²) >= 11 is 0. The smallest absolute Gasteiger partial charge is 0.321 e. The van der Waals surface area contributed by atoms with E-state index in [2.05, 4.69) is 21.3 Å². The first-order chi connectivity index (χ1) is 16.1. The third-order valence-corrected chi connectivity index (χ3v) is 6.79. The molecule has 5 rings (SSSR count). The maximum absolute atomic E-state index is 12.5. The van der Waals surface area contributed by atoms with Crippen molar-refractivity contribution in [2.24, 2.45) is 0 Å². The van der Waals surface area contributed by atoms with Gasteiger partial charge in [0.05, 0.1) is 13.1 Å². The third-order valence-electron chi connectivity index (χ3n) is 6.79. The maximum Gasteiger partial charge on any atom is 0.321 e. The number of hydrogen-bond donors (Lipinski definition) is 1. The minimum atomic E-state index is -0.0910. The molecule has 0 aliphatic carbocycles. The van der Waals surface area contributed by atoms with Crippen LogP contribution in [0.2, 0.25) is 0 Å². The number of carbonyl (C=O) groups excluding carboxylic acids is 2. The Bertz CT molecular complexity index is 956. The van der Waals surface area contributed by atoms with E-state index < -0.39 is 0 Å². The fraction of sp³-hybridized carbons (Fsp3) is 0.480. The molecule has 3 amide bonds. The summed E-state index contributed by atoms with van der Waals surface area (Å²) in [6.07, 6.45) is 6.87. The Morgan fingerprint density at radius 2 is 1.79 bits per heavy atom. The van der Waals surface area contributed by atoms with Crippen LogP contribution >= 0.6 is 0 Å². The number of benzene rings is 1. The second-order valence-corrected chi connectivity index (χ2v) is 9.19. The lowest BCUT2D eigenvalue weighted by atomic mass is 9.93. The number of nitrogens with one attached hydrogen (secondary N) is 1. The van der Waals surface area contributed by atoms with E-state index >= 15 is 0 Å². The Labute approximate surface area is 194 Å². The molecule has 0 unspecified atom stereocenters. The van der Waals surface area contributed by atoms with Crippen molar-refractivity contribution in [3.63, 3.8) is 0 Å². The zero-order chi connectivity index (χ0) is 22.6. The molecule has 1 N–H and O–H groups in total. The van der Waals surface area contributed by atoms with Crippen molar-refractivity contribution in [3.05, 3.63) is 54.4 Å². The highest BCUT2D eigenvalue weighted by molar-refractivity contribution is 5.90. The molecular formula is C25H31N5O3. The summed E-state index contributed by atoms with van der Waals surface area (Å²) in [5, 5.41) is 2.95. The van der Waals surface area contributed by atoms with Gasteiger partial charge in [0.25, 0.3) is 0 Å². The summed E-state index contributed by atoms with van der Waals surface area (Å²) in [5.74, 6) is 1.32. The fourth-order valence-corrected chi connectivity index (χ4v) is 4.77. The van der Waals surface area contributed by atoms with E-state index in [0.29, 0.717) is 32.1 Å². The van der Waals surface area contributed by atoms with E-state index in [0.717, 1.165) is 37.5 Å². The van der Waals surface area contributed by atoms with E-state index in [1.165, 1.54) is 18.4 Å². The minimum Gasteiger partial charge on any atom is -0.489 e. The molecule has 3 fully saturated rings. The van der Waals surface area contributed by atoms with Crippen LogP contribution in [0.5, 0.6) is 5.75 Å². The normalized spacial score (nSPS) is 21.2. The van der Waals surface area contributed by atoms with Crippen LogP contribution < -0.4 is 10.1 Å². The van der Waals surface area contributed by atoms with Crippen molar-refractivity contribution in [1.29, 1.82) is 0 Å². The Hall–Kier alpha value is -3.13. The first kappa shape index (κ1) is 21.7. The summed E-state index contributed by atoms with van der Waals surface area (Å²) in [5.41, 5.74) is 1.91. The number of pyridine rings is 1. The van der Waals surface area contributed by atoms with Gasteiger partial charge in [-0.3, -0.25) is 14.7 Å². The van der Waals surface area contributed by atoms with Crippen LogP contribution in [0, 0.1) is 0 Å². The Morgan fingerprint density at radius 1 is 1.00 bits per heavy atom. The molecule has 2 aromatic rings. The lowest BCUT2D eigenvalue weighted by Gasteiger charge is -2.39. The van der Waals surface area contributed by atoms with Crippen molar-refractivity contribution in [2.45, 2.75) is 31.3 Å². The molecule has 1 aromatic heterocycles. The quantitative estimate of drug-likeness (QED) is 0.734. The SMILES string of the molecule is O=C(CN1CCCC1)N1CC[C@@H](Oc2ccc(NC(=O)N3CC(c4cccnc4)C3)cc2)C1. The van der Waals surface area contributed by atoms with Gasteiger partial charge in [0.2, 0.25) is 5.91 Å². The number of rotatable bonds is 6. The predicted octanol–water partition coefficient (Wildman–Crippen LogP) is 2.79. The van der Waals surface area contributed by atoms with Gasteiger partial charge in [-0.1, -0.05) is 6.07 Å². The van der Waals surface area contributed by atoms with Crippen molar-refractivity contribution in [3.8, 4) is 5.75 Å². The van der Waals surface area contributed by atoms with Gasteiger partial charge in [-0.15, -0.1) is 0 Å². The predicted molar refractivity (Wildman–Crippen MR) is 125 cm³/mol. The number of amides is 3. The molecule has 1 aromatic carbocycles. The Balaban J connectivity index is 1.05. The zero-order valence-electron chi connectivity index (χ0n) is 18.9. The lowest BCUT2D eigenvalue weighted by Crippen LogP contribution is -2.50. The third kappa shape index (κ3) is 5.27. The highest BCUT2D eigenvalue weighted by Crippen LogP contribution is 2.27. The van der Waals surface area contributed by atoms with Crippen LogP contribution in [-0.4, -0.2) is 83.5 Å². The summed E-state index contributed by atoms with van der Waals surface area (Å²) in [6.45, 7) is 5.39. The van der Waals surface area contributed by atoms with Gasteiger partial charge in [0, 0.05) is 50.1 Å². The van der Waals surface area contributed by atoms with Crippen LogP contribution in [0.4, 0.5) is 10.5 Å². The molecule has 3 aliphatic heterocycles. The number of carbonyl (C=O) groups is 2. The molecule has 33 heavy (non-hydrogen) atoms. The molecule has 0 saturated carbocycles. The average molecular weight is 450 g/mol. The van der Waals surface area contributed by atoms with Crippen molar-refractivity contribution < 1.29 is 14.3 Å². The second-order valence-electron chi connectivity index (χ2n) is 9.19. The molecule has 0 radical (unpaired) electrons. The Kier molecular flexibility index (Phi) is 6.44. The average Bonchev–Trinajstić information content (AvgIpc) is 3.47. The number of aromatic nitrogens is 1. The van der Waals surface area contributed by atoms with Crippen LogP contribution in [-0.2, 0) is 4.79 Å². The number of anilines is 1. The van der Waals surface area contributed by atoms with Crippen LogP contribution in [0.15, 0.2) is 48.8 Å². The highest BCUT2D eigenvalue weighted by Gasteiger charge is 2.32. The molecule has 8 nitrogen and oxygen atoms in total. The monoisotopic (exact) mass is 449 g/mol. The number of urea groups is 1. The standard InChI is InChI=1S/C25H31N5O3/c31-24(18-28-11-1-2-12-28)29-13-9-23(17-29)33-22-7-5-21(6-8-22)27-25(32)30-15-20(16-30)19-4-3-10-26-14-19/h3-8,10,14,20,23H,1-2,9,11-13,15-18H2,(H,27,32)/t23-/m1/s1. The van der Waals surface area contributed by atoms with Crippen LogP contribution in [0.3, 0.4) is 0 Å². The molecule has 8 heteroatoms. The number of likely N-dealkylation sites (tertiary alicyclic amines) is 3. The molecule has 4 heterocycles. The van der Waals surface area contributed by atoms with Crippen molar-refractivity contribution >= 4 is 17.6 Å². The molecule has 1 atom stereocenters. The zero-order valence-corrected chi connectivity index (χ0v) is 18.9. The number of ether oxygens (including phenoxy) is 1. The van der Waals surface area contributed by atoms with Crippen molar-refractivity contribution in [2.75, 3.05) is 51.1 Å². The van der Waals surface area contributed by atoms with Gasteiger partial charge < -0.3 is 19.9 Å². The Morgan fingerprint density at radius 3 is 2.52 bits per heavy atom. The molecule has 174 valence electrons. The largest absolute Gasteiger partial charge is 0.489 e. The van der Waals surface area contributed by atoms with Gasteiger partial charge in [0.1, 0.15) is 11.9 Å². The van der Waals surface area contributed by atoms with Gasteiger partial charge in [-0.05, 0) is 61.8 Å². The van der Waals surface area contributed by atoms with Crippen molar-refractivity contribution in [1.82, 2.24) is 19.7 Å².